The third-order valence-corrected chi connectivity index (χ3v) is 3.57. The molecule has 0 aliphatic carbocycles. The summed E-state index contributed by atoms with van der Waals surface area (Å²) >= 11 is 0. The van der Waals surface area contributed by atoms with E-state index in [2.05, 4.69) is 5.32 Å². The topological polar surface area (TPSA) is 67.8 Å². The van der Waals surface area contributed by atoms with Crippen LogP contribution in [0.1, 0.15) is 23.7 Å². The van der Waals surface area contributed by atoms with Crippen molar-refractivity contribution in [2.24, 2.45) is 0 Å². The SMILES string of the molecule is COc1ccccc1C(=O)NCC1(O)CCOC1C. The minimum Gasteiger partial charge on any atom is -0.496 e. The summed E-state index contributed by atoms with van der Waals surface area (Å²) in [5.41, 5.74) is -0.530. The molecule has 5 nitrogen and oxygen atoms in total. The van der Waals surface area contributed by atoms with Crippen LogP contribution in [0.15, 0.2) is 24.3 Å². The molecule has 104 valence electrons. The Kier molecular flexibility index (Phi) is 4.07. The van der Waals surface area contributed by atoms with Gasteiger partial charge in [0.05, 0.1) is 18.8 Å². The first-order valence-corrected chi connectivity index (χ1v) is 6.32. The number of methoxy groups -OCH3 is 1. The van der Waals surface area contributed by atoms with Gasteiger partial charge in [0.15, 0.2) is 0 Å². The molecule has 0 spiro atoms. The second kappa shape index (κ2) is 5.59. The largest absolute Gasteiger partial charge is 0.496 e. The second-order valence-electron chi connectivity index (χ2n) is 4.75. The van der Waals surface area contributed by atoms with Gasteiger partial charge in [-0.1, -0.05) is 12.1 Å². The predicted molar refractivity (Wildman–Crippen MR) is 70.3 cm³/mol. The quantitative estimate of drug-likeness (QED) is 0.851. The summed E-state index contributed by atoms with van der Waals surface area (Å²) in [6.45, 7) is 2.50. The summed E-state index contributed by atoms with van der Waals surface area (Å²) in [7, 11) is 1.52. The molecule has 2 atom stereocenters. The summed E-state index contributed by atoms with van der Waals surface area (Å²) in [5, 5.41) is 13.0. The zero-order chi connectivity index (χ0) is 13.9. The summed E-state index contributed by atoms with van der Waals surface area (Å²) in [6, 6.07) is 6.99. The van der Waals surface area contributed by atoms with Gasteiger partial charge in [-0.25, -0.2) is 0 Å². The van der Waals surface area contributed by atoms with Crippen molar-refractivity contribution in [1.29, 1.82) is 0 Å². The maximum absolute atomic E-state index is 12.1. The lowest BCUT2D eigenvalue weighted by Crippen LogP contribution is -2.47. The number of amides is 1. The Morgan fingerprint density at radius 2 is 2.32 bits per heavy atom. The molecule has 0 aromatic heterocycles. The molecular weight excluding hydrogens is 246 g/mol. The van der Waals surface area contributed by atoms with Gasteiger partial charge in [-0.2, -0.15) is 0 Å². The molecule has 1 aromatic rings. The number of para-hydroxylation sites is 1. The van der Waals surface area contributed by atoms with Crippen LogP contribution in [-0.2, 0) is 4.74 Å². The summed E-state index contributed by atoms with van der Waals surface area (Å²) < 4.78 is 10.5. The van der Waals surface area contributed by atoms with E-state index < -0.39 is 5.60 Å². The Bertz CT molecular complexity index is 463. The number of benzene rings is 1. The third-order valence-electron chi connectivity index (χ3n) is 3.57. The van der Waals surface area contributed by atoms with Gasteiger partial charge >= 0.3 is 0 Å². The standard InChI is InChI=1S/C14H19NO4/c1-10-14(17,7-8-19-10)9-15-13(16)11-5-3-4-6-12(11)18-2/h3-6,10,17H,7-9H2,1-2H3,(H,15,16). The highest BCUT2D eigenvalue weighted by molar-refractivity contribution is 5.96. The Hall–Kier alpha value is -1.59. The molecule has 0 bridgehead atoms. The average Bonchev–Trinajstić information content (AvgIpc) is 2.76. The molecule has 5 heteroatoms. The number of ether oxygens (including phenoxy) is 2. The molecule has 1 aliphatic heterocycles. The highest BCUT2D eigenvalue weighted by Gasteiger charge is 2.39. The maximum atomic E-state index is 12.1. The van der Waals surface area contributed by atoms with E-state index >= 15 is 0 Å². The molecule has 1 aliphatic rings. The first-order valence-electron chi connectivity index (χ1n) is 6.32. The van der Waals surface area contributed by atoms with E-state index in [4.69, 9.17) is 9.47 Å². The number of nitrogens with one attached hydrogen (secondary N) is 1. The fraction of sp³-hybridized carbons (Fsp3) is 0.500. The zero-order valence-corrected chi connectivity index (χ0v) is 11.2. The Balaban J connectivity index is 2.02. The van der Waals surface area contributed by atoms with Crippen molar-refractivity contribution in [3.8, 4) is 5.75 Å². The van der Waals surface area contributed by atoms with E-state index in [1.54, 1.807) is 24.3 Å². The smallest absolute Gasteiger partial charge is 0.255 e. The van der Waals surface area contributed by atoms with Crippen molar-refractivity contribution in [1.82, 2.24) is 5.32 Å². The molecule has 1 heterocycles. The van der Waals surface area contributed by atoms with Crippen molar-refractivity contribution in [3.05, 3.63) is 29.8 Å². The van der Waals surface area contributed by atoms with Crippen molar-refractivity contribution >= 4 is 5.91 Å². The predicted octanol–water partition coefficient (Wildman–Crippen LogP) is 0.965. The number of carbonyl (C=O) groups is 1. The molecular formula is C14H19NO4. The highest BCUT2D eigenvalue weighted by atomic mass is 16.5. The summed E-state index contributed by atoms with van der Waals surface area (Å²) in [4.78, 5) is 12.1. The van der Waals surface area contributed by atoms with Crippen LogP contribution < -0.4 is 10.1 Å². The van der Waals surface area contributed by atoms with Crippen LogP contribution in [0, 0.1) is 0 Å². The monoisotopic (exact) mass is 265 g/mol. The lowest BCUT2D eigenvalue weighted by Gasteiger charge is -2.26. The molecule has 2 rings (SSSR count). The second-order valence-corrected chi connectivity index (χ2v) is 4.75. The van der Waals surface area contributed by atoms with Gasteiger partial charge in [0.1, 0.15) is 11.4 Å². The van der Waals surface area contributed by atoms with E-state index in [9.17, 15) is 9.90 Å². The lowest BCUT2D eigenvalue weighted by atomic mass is 9.96. The number of hydrogen-bond donors (Lipinski definition) is 2. The third kappa shape index (κ3) is 2.88. The summed E-state index contributed by atoms with van der Waals surface area (Å²) in [6.07, 6.45) is 0.255. The van der Waals surface area contributed by atoms with Crippen LogP contribution in [0.25, 0.3) is 0 Å². The minimum atomic E-state index is -0.988. The van der Waals surface area contributed by atoms with E-state index in [0.717, 1.165) is 0 Å². The molecule has 1 aromatic carbocycles. The van der Waals surface area contributed by atoms with Crippen LogP contribution in [0.4, 0.5) is 0 Å². The van der Waals surface area contributed by atoms with Gasteiger partial charge in [0.25, 0.3) is 5.91 Å². The number of rotatable bonds is 4. The lowest BCUT2D eigenvalue weighted by molar-refractivity contribution is -0.0251. The van der Waals surface area contributed by atoms with Gasteiger partial charge < -0.3 is 19.9 Å². The van der Waals surface area contributed by atoms with Crippen molar-refractivity contribution < 1.29 is 19.4 Å². The van der Waals surface area contributed by atoms with Crippen molar-refractivity contribution in [2.45, 2.75) is 25.0 Å². The van der Waals surface area contributed by atoms with Gasteiger partial charge in [-0.3, -0.25) is 4.79 Å². The molecule has 0 saturated carbocycles. The van der Waals surface area contributed by atoms with Gasteiger partial charge in [-0.15, -0.1) is 0 Å². The number of aliphatic hydroxyl groups is 1. The minimum absolute atomic E-state index is 0.172. The van der Waals surface area contributed by atoms with Crippen LogP contribution in [0.5, 0.6) is 5.75 Å². The van der Waals surface area contributed by atoms with E-state index in [1.165, 1.54) is 7.11 Å². The Morgan fingerprint density at radius 1 is 1.58 bits per heavy atom. The first kappa shape index (κ1) is 13.8. The van der Waals surface area contributed by atoms with Crippen LogP contribution in [0.3, 0.4) is 0 Å². The van der Waals surface area contributed by atoms with Crippen molar-refractivity contribution in [3.63, 3.8) is 0 Å². The highest BCUT2D eigenvalue weighted by Crippen LogP contribution is 2.25. The van der Waals surface area contributed by atoms with Crippen molar-refractivity contribution in [2.75, 3.05) is 20.3 Å². The molecule has 2 N–H and O–H groups in total. The number of carbonyl (C=O) groups excluding carboxylic acids is 1. The van der Waals surface area contributed by atoms with Gasteiger partial charge in [0.2, 0.25) is 0 Å². The first-order chi connectivity index (χ1) is 9.07. The van der Waals surface area contributed by atoms with E-state index in [-0.39, 0.29) is 18.6 Å². The van der Waals surface area contributed by atoms with E-state index in [1.807, 2.05) is 6.92 Å². The Labute approximate surface area is 112 Å². The van der Waals surface area contributed by atoms with Gasteiger partial charge in [0, 0.05) is 19.6 Å². The van der Waals surface area contributed by atoms with E-state index in [0.29, 0.717) is 24.3 Å². The molecule has 2 unspecified atom stereocenters. The van der Waals surface area contributed by atoms with Crippen LogP contribution in [-0.4, -0.2) is 43.0 Å². The molecule has 1 saturated heterocycles. The molecule has 19 heavy (non-hydrogen) atoms. The van der Waals surface area contributed by atoms with Gasteiger partial charge in [-0.05, 0) is 19.1 Å². The molecule has 0 radical (unpaired) electrons. The van der Waals surface area contributed by atoms with Crippen LogP contribution in [0.2, 0.25) is 0 Å². The fourth-order valence-electron chi connectivity index (χ4n) is 2.16. The number of hydrogen-bond acceptors (Lipinski definition) is 4. The normalized spacial score (nSPS) is 26.2. The zero-order valence-electron chi connectivity index (χ0n) is 11.2. The summed E-state index contributed by atoms with van der Waals surface area (Å²) in [5.74, 6) is 0.257. The van der Waals surface area contributed by atoms with Crippen LogP contribution >= 0.6 is 0 Å². The fourth-order valence-corrected chi connectivity index (χ4v) is 2.16. The average molecular weight is 265 g/mol. The molecule has 1 fully saturated rings. The molecule has 1 amide bonds. The maximum Gasteiger partial charge on any atom is 0.255 e. The Morgan fingerprint density at radius 3 is 2.95 bits per heavy atom.